The Morgan fingerprint density at radius 1 is 1.19 bits per heavy atom. The number of hydrogen-bond acceptors (Lipinski definition) is 5. The molecule has 0 N–H and O–H groups in total. The SMILES string of the molecule is CCOc1cccc(-c2noc(C3CC(=O)N(Cc4ccc(C(F)(F)F)cc4)C3)n2)c1. The predicted octanol–water partition coefficient (Wildman–Crippen LogP) is 4.67. The summed E-state index contributed by atoms with van der Waals surface area (Å²) in [5.74, 6) is 1.09. The third-order valence-corrected chi connectivity index (χ3v) is 5.06. The molecule has 31 heavy (non-hydrogen) atoms. The fraction of sp³-hybridized carbons (Fsp3) is 0.318. The van der Waals surface area contributed by atoms with Crippen LogP contribution in [0.3, 0.4) is 0 Å². The molecule has 1 saturated heterocycles. The van der Waals surface area contributed by atoms with Gasteiger partial charge in [-0.15, -0.1) is 0 Å². The van der Waals surface area contributed by atoms with Crippen LogP contribution in [0.15, 0.2) is 53.1 Å². The minimum absolute atomic E-state index is 0.108. The van der Waals surface area contributed by atoms with Crippen LogP contribution in [-0.4, -0.2) is 34.1 Å². The summed E-state index contributed by atoms with van der Waals surface area (Å²) in [6, 6.07) is 12.1. The number of benzene rings is 2. The highest BCUT2D eigenvalue weighted by Crippen LogP contribution is 2.32. The van der Waals surface area contributed by atoms with E-state index in [-0.39, 0.29) is 24.8 Å². The van der Waals surface area contributed by atoms with Crippen LogP contribution in [0, 0.1) is 0 Å². The average Bonchev–Trinajstić information content (AvgIpc) is 3.36. The summed E-state index contributed by atoms with van der Waals surface area (Å²) < 4.78 is 49.0. The van der Waals surface area contributed by atoms with Gasteiger partial charge >= 0.3 is 6.18 Å². The van der Waals surface area contributed by atoms with Gasteiger partial charge in [-0.3, -0.25) is 4.79 Å². The smallest absolute Gasteiger partial charge is 0.416 e. The summed E-state index contributed by atoms with van der Waals surface area (Å²) in [6.45, 7) is 3.03. The standard InChI is InChI=1S/C22H20F3N3O3/c1-2-30-18-5-3-4-15(10-18)20-26-21(31-27-20)16-11-19(29)28(13-16)12-14-6-8-17(9-7-14)22(23,24)25/h3-10,16H,2,11-13H2,1H3. The minimum atomic E-state index is -4.38. The molecule has 1 unspecified atom stereocenters. The van der Waals surface area contributed by atoms with E-state index in [1.165, 1.54) is 12.1 Å². The molecule has 4 rings (SSSR count). The maximum atomic E-state index is 12.7. The van der Waals surface area contributed by atoms with Crippen LogP contribution in [0.4, 0.5) is 13.2 Å². The third kappa shape index (κ3) is 4.70. The van der Waals surface area contributed by atoms with Crippen molar-refractivity contribution in [2.24, 2.45) is 0 Å². The number of amides is 1. The number of halogens is 3. The monoisotopic (exact) mass is 431 g/mol. The van der Waals surface area contributed by atoms with E-state index in [0.717, 1.165) is 17.7 Å². The average molecular weight is 431 g/mol. The molecule has 1 atom stereocenters. The second-order valence-electron chi connectivity index (χ2n) is 7.29. The molecular weight excluding hydrogens is 411 g/mol. The van der Waals surface area contributed by atoms with Crippen molar-refractivity contribution in [1.82, 2.24) is 15.0 Å². The van der Waals surface area contributed by atoms with Crippen LogP contribution < -0.4 is 4.74 Å². The first kappa shape index (κ1) is 20.9. The van der Waals surface area contributed by atoms with Crippen molar-refractivity contribution in [3.63, 3.8) is 0 Å². The maximum absolute atomic E-state index is 12.7. The van der Waals surface area contributed by atoms with Gasteiger partial charge in [-0.2, -0.15) is 18.2 Å². The zero-order valence-corrected chi connectivity index (χ0v) is 16.7. The first-order chi connectivity index (χ1) is 14.8. The van der Waals surface area contributed by atoms with Crippen LogP contribution >= 0.6 is 0 Å². The van der Waals surface area contributed by atoms with Crippen molar-refractivity contribution in [3.05, 3.63) is 65.5 Å². The molecule has 6 nitrogen and oxygen atoms in total. The van der Waals surface area contributed by atoms with Gasteiger partial charge in [0, 0.05) is 25.1 Å². The lowest BCUT2D eigenvalue weighted by atomic mass is 10.1. The number of hydrogen-bond donors (Lipinski definition) is 0. The van der Waals surface area contributed by atoms with Gasteiger partial charge in [0.05, 0.1) is 18.1 Å². The summed E-state index contributed by atoms with van der Waals surface area (Å²) in [7, 11) is 0. The lowest BCUT2D eigenvalue weighted by Gasteiger charge is -2.16. The summed E-state index contributed by atoms with van der Waals surface area (Å²) in [6.07, 6.45) is -4.17. The molecule has 0 bridgehead atoms. The molecule has 1 amide bonds. The Morgan fingerprint density at radius 3 is 2.68 bits per heavy atom. The molecule has 9 heteroatoms. The number of ether oxygens (including phenoxy) is 1. The van der Waals surface area contributed by atoms with E-state index in [1.54, 1.807) is 4.90 Å². The number of alkyl halides is 3. The molecule has 3 aromatic rings. The highest BCUT2D eigenvalue weighted by Gasteiger charge is 2.35. The van der Waals surface area contributed by atoms with Crippen molar-refractivity contribution in [1.29, 1.82) is 0 Å². The molecule has 162 valence electrons. The Balaban J connectivity index is 1.43. The zero-order chi connectivity index (χ0) is 22.0. The van der Waals surface area contributed by atoms with Crippen molar-refractivity contribution in [2.45, 2.75) is 32.0 Å². The highest BCUT2D eigenvalue weighted by atomic mass is 19.4. The second-order valence-corrected chi connectivity index (χ2v) is 7.29. The van der Waals surface area contributed by atoms with E-state index in [1.807, 2.05) is 31.2 Å². The first-order valence-electron chi connectivity index (χ1n) is 9.84. The number of rotatable bonds is 6. The second kappa shape index (κ2) is 8.41. The van der Waals surface area contributed by atoms with Crippen molar-refractivity contribution in [2.75, 3.05) is 13.2 Å². The number of carbonyl (C=O) groups is 1. The molecule has 2 aromatic carbocycles. The van der Waals surface area contributed by atoms with Gasteiger partial charge < -0.3 is 14.2 Å². The fourth-order valence-electron chi connectivity index (χ4n) is 3.52. The fourth-order valence-corrected chi connectivity index (χ4v) is 3.52. The maximum Gasteiger partial charge on any atom is 0.416 e. The number of aromatic nitrogens is 2. The molecule has 0 spiro atoms. The Labute approximate surface area is 176 Å². The molecular formula is C22H20F3N3O3. The van der Waals surface area contributed by atoms with E-state index in [2.05, 4.69) is 10.1 Å². The van der Waals surface area contributed by atoms with Gasteiger partial charge in [-0.25, -0.2) is 0 Å². The van der Waals surface area contributed by atoms with Crippen molar-refractivity contribution >= 4 is 5.91 Å². The molecule has 1 aliphatic rings. The Morgan fingerprint density at radius 2 is 1.97 bits per heavy atom. The Bertz CT molecular complexity index is 1060. The highest BCUT2D eigenvalue weighted by molar-refractivity contribution is 5.79. The molecule has 0 radical (unpaired) electrons. The number of carbonyl (C=O) groups excluding carboxylic acids is 1. The normalized spacial score (nSPS) is 16.7. The topological polar surface area (TPSA) is 68.5 Å². The van der Waals surface area contributed by atoms with Crippen molar-refractivity contribution < 1.29 is 27.2 Å². The summed E-state index contributed by atoms with van der Waals surface area (Å²) in [5, 5.41) is 4.02. The van der Waals surface area contributed by atoms with Crippen LogP contribution in [0.5, 0.6) is 5.75 Å². The third-order valence-electron chi connectivity index (χ3n) is 5.06. The first-order valence-corrected chi connectivity index (χ1v) is 9.84. The van der Waals surface area contributed by atoms with E-state index in [9.17, 15) is 18.0 Å². The summed E-state index contributed by atoms with van der Waals surface area (Å²) >= 11 is 0. The summed E-state index contributed by atoms with van der Waals surface area (Å²) in [5.41, 5.74) is 0.654. The Hall–Kier alpha value is -3.36. The van der Waals surface area contributed by atoms with Crippen LogP contribution in [0.1, 0.15) is 36.3 Å². The zero-order valence-electron chi connectivity index (χ0n) is 16.7. The number of likely N-dealkylation sites (tertiary alicyclic amines) is 1. The van der Waals surface area contributed by atoms with Gasteiger partial charge in [-0.05, 0) is 36.8 Å². The largest absolute Gasteiger partial charge is 0.494 e. The quantitative estimate of drug-likeness (QED) is 0.567. The summed E-state index contributed by atoms with van der Waals surface area (Å²) in [4.78, 5) is 18.5. The van der Waals surface area contributed by atoms with Gasteiger partial charge in [0.25, 0.3) is 0 Å². The molecule has 1 aliphatic heterocycles. The molecule has 0 aliphatic carbocycles. The van der Waals surface area contributed by atoms with Gasteiger partial charge in [0.2, 0.25) is 17.6 Å². The van der Waals surface area contributed by atoms with Gasteiger partial charge in [0.1, 0.15) is 5.75 Å². The predicted molar refractivity (Wildman–Crippen MR) is 105 cm³/mol. The van der Waals surface area contributed by atoms with E-state index >= 15 is 0 Å². The van der Waals surface area contributed by atoms with E-state index in [4.69, 9.17) is 9.26 Å². The van der Waals surface area contributed by atoms with Crippen LogP contribution in [0.2, 0.25) is 0 Å². The van der Waals surface area contributed by atoms with Crippen LogP contribution in [0.25, 0.3) is 11.4 Å². The molecule has 2 heterocycles. The van der Waals surface area contributed by atoms with E-state index in [0.29, 0.717) is 36.2 Å². The Kier molecular flexibility index (Phi) is 5.67. The minimum Gasteiger partial charge on any atom is -0.494 e. The van der Waals surface area contributed by atoms with E-state index < -0.39 is 11.7 Å². The molecule has 0 saturated carbocycles. The molecule has 1 aromatic heterocycles. The lowest BCUT2D eigenvalue weighted by Crippen LogP contribution is -2.24. The van der Waals surface area contributed by atoms with Gasteiger partial charge in [-0.1, -0.05) is 29.4 Å². The number of nitrogens with zero attached hydrogens (tertiary/aromatic N) is 3. The van der Waals surface area contributed by atoms with Crippen LogP contribution in [-0.2, 0) is 17.5 Å². The lowest BCUT2D eigenvalue weighted by molar-refractivity contribution is -0.137. The van der Waals surface area contributed by atoms with Gasteiger partial charge in [0.15, 0.2) is 0 Å². The molecule has 1 fully saturated rings. The van der Waals surface area contributed by atoms with Crippen molar-refractivity contribution in [3.8, 4) is 17.1 Å².